The van der Waals surface area contributed by atoms with Gasteiger partial charge in [-0.15, -0.1) is 10.2 Å². The van der Waals surface area contributed by atoms with Gasteiger partial charge in [0.05, 0.1) is 18.6 Å². The quantitative estimate of drug-likeness (QED) is 0.517. The van der Waals surface area contributed by atoms with E-state index in [1.807, 2.05) is 32.0 Å². The molecule has 1 N–H and O–H groups in total. The minimum Gasteiger partial charge on any atom is -0.495 e. The fourth-order valence-corrected chi connectivity index (χ4v) is 3.22. The Morgan fingerprint density at radius 1 is 1.21 bits per heavy atom. The highest BCUT2D eigenvalue weighted by molar-refractivity contribution is 7.99. The molecule has 0 saturated carbocycles. The van der Waals surface area contributed by atoms with E-state index in [-0.39, 0.29) is 23.5 Å². The molecule has 1 amide bonds. The number of hydrogen-bond donors (Lipinski definition) is 1. The standard InChI is InChI=1S/C20H20ClN3O4S/c1-12-5-4-6-16(13(12)2)27-10-19-23-24-20(28-19)29-11-18(25)22-15-9-14(21)7-8-17(15)26-3/h4-9H,10-11H2,1-3H3,(H,22,25). The van der Waals surface area contributed by atoms with Crippen LogP contribution in [0.2, 0.25) is 5.02 Å². The first kappa shape index (κ1) is 21.0. The van der Waals surface area contributed by atoms with Crippen molar-refractivity contribution in [1.29, 1.82) is 0 Å². The highest BCUT2D eigenvalue weighted by Gasteiger charge is 2.13. The summed E-state index contributed by atoms with van der Waals surface area (Å²) >= 11 is 7.10. The van der Waals surface area contributed by atoms with Gasteiger partial charge < -0.3 is 19.2 Å². The summed E-state index contributed by atoms with van der Waals surface area (Å²) in [5, 5.41) is 11.4. The van der Waals surface area contributed by atoms with Gasteiger partial charge in [0.15, 0.2) is 6.61 Å². The van der Waals surface area contributed by atoms with Crippen molar-refractivity contribution in [3.63, 3.8) is 0 Å². The Labute approximate surface area is 177 Å². The largest absolute Gasteiger partial charge is 0.495 e. The molecule has 7 nitrogen and oxygen atoms in total. The zero-order valence-electron chi connectivity index (χ0n) is 16.2. The first-order chi connectivity index (χ1) is 14.0. The summed E-state index contributed by atoms with van der Waals surface area (Å²) in [6.45, 7) is 4.17. The van der Waals surface area contributed by atoms with Crippen molar-refractivity contribution in [3.8, 4) is 11.5 Å². The average molecular weight is 434 g/mol. The second-order valence-electron chi connectivity index (χ2n) is 6.13. The van der Waals surface area contributed by atoms with E-state index < -0.39 is 0 Å². The molecule has 0 aliphatic heterocycles. The number of benzene rings is 2. The normalized spacial score (nSPS) is 10.6. The summed E-state index contributed by atoms with van der Waals surface area (Å²) < 4.78 is 16.5. The number of aromatic nitrogens is 2. The van der Waals surface area contributed by atoms with Crippen LogP contribution in [0.3, 0.4) is 0 Å². The van der Waals surface area contributed by atoms with Gasteiger partial charge in [0.1, 0.15) is 11.5 Å². The third-order valence-corrected chi connectivity index (χ3v) is 5.17. The summed E-state index contributed by atoms with van der Waals surface area (Å²) in [5.41, 5.74) is 2.71. The van der Waals surface area contributed by atoms with Gasteiger partial charge in [-0.25, -0.2) is 0 Å². The lowest BCUT2D eigenvalue weighted by Crippen LogP contribution is -2.14. The van der Waals surface area contributed by atoms with E-state index in [0.717, 1.165) is 28.6 Å². The third kappa shape index (κ3) is 5.65. The number of ether oxygens (including phenoxy) is 2. The lowest BCUT2D eigenvalue weighted by Gasteiger charge is -2.09. The number of methoxy groups -OCH3 is 1. The molecule has 0 fully saturated rings. The van der Waals surface area contributed by atoms with Gasteiger partial charge >= 0.3 is 0 Å². The molecule has 0 aliphatic carbocycles. The van der Waals surface area contributed by atoms with Crippen LogP contribution in [0.5, 0.6) is 11.5 Å². The Morgan fingerprint density at radius 3 is 2.83 bits per heavy atom. The minimum absolute atomic E-state index is 0.0924. The van der Waals surface area contributed by atoms with Crippen LogP contribution in [0.1, 0.15) is 17.0 Å². The van der Waals surface area contributed by atoms with Gasteiger partial charge in [0.25, 0.3) is 11.1 Å². The van der Waals surface area contributed by atoms with Gasteiger partial charge in [-0.2, -0.15) is 0 Å². The monoisotopic (exact) mass is 433 g/mol. The molecule has 0 bridgehead atoms. The highest BCUT2D eigenvalue weighted by atomic mass is 35.5. The van der Waals surface area contributed by atoms with E-state index in [0.29, 0.717) is 22.4 Å². The number of aryl methyl sites for hydroxylation is 1. The van der Waals surface area contributed by atoms with Gasteiger partial charge in [-0.1, -0.05) is 35.5 Å². The zero-order chi connectivity index (χ0) is 20.8. The van der Waals surface area contributed by atoms with Gasteiger partial charge in [-0.05, 0) is 49.2 Å². The molecule has 152 valence electrons. The molecule has 0 radical (unpaired) electrons. The van der Waals surface area contributed by atoms with E-state index in [1.54, 1.807) is 18.2 Å². The molecule has 1 aromatic heterocycles. The Bertz CT molecular complexity index is 1010. The van der Waals surface area contributed by atoms with Crippen molar-refractivity contribution in [2.45, 2.75) is 25.7 Å². The molecule has 9 heteroatoms. The number of amides is 1. The van der Waals surface area contributed by atoms with E-state index in [9.17, 15) is 4.79 Å². The molecule has 0 aliphatic rings. The van der Waals surface area contributed by atoms with Crippen molar-refractivity contribution in [2.75, 3.05) is 18.2 Å². The minimum atomic E-state index is -0.248. The second kappa shape index (κ2) is 9.67. The number of hydrogen-bond acceptors (Lipinski definition) is 7. The predicted molar refractivity (Wildman–Crippen MR) is 112 cm³/mol. The van der Waals surface area contributed by atoms with Crippen molar-refractivity contribution >= 4 is 35.0 Å². The Kier molecular flexibility index (Phi) is 7.00. The predicted octanol–water partition coefficient (Wildman–Crippen LogP) is 4.66. The van der Waals surface area contributed by atoms with E-state index in [2.05, 4.69) is 15.5 Å². The van der Waals surface area contributed by atoms with Gasteiger partial charge in [-0.3, -0.25) is 4.79 Å². The maximum absolute atomic E-state index is 12.2. The molecular formula is C20H20ClN3O4S. The Balaban J connectivity index is 1.52. The third-order valence-electron chi connectivity index (χ3n) is 4.12. The first-order valence-electron chi connectivity index (χ1n) is 8.74. The van der Waals surface area contributed by atoms with Crippen molar-refractivity contribution in [3.05, 3.63) is 58.4 Å². The van der Waals surface area contributed by atoms with Crippen LogP contribution < -0.4 is 14.8 Å². The number of anilines is 1. The molecule has 0 unspecified atom stereocenters. The van der Waals surface area contributed by atoms with Gasteiger partial charge in [0, 0.05) is 5.02 Å². The van der Waals surface area contributed by atoms with Gasteiger partial charge in [0.2, 0.25) is 5.91 Å². The molecule has 1 heterocycles. The maximum atomic E-state index is 12.2. The van der Waals surface area contributed by atoms with Crippen LogP contribution in [0.4, 0.5) is 5.69 Å². The summed E-state index contributed by atoms with van der Waals surface area (Å²) in [7, 11) is 1.52. The topological polar surface area (TPSA) is 86.5 Å². The number of thioether (sulfide) groups is 1. The van der Waals surface area contributed by atoms with Crippen LogP contribution >= 0.6 is 23.4 Å². The molecule has 3 aromatic rings. The van der Waals surface area contributed by atoms with E-state index in [4.69, 9.17) is 25.5 Å². The van der Waals surface area contributed by atoms with E-state index >= 15 is 0 Å². The average Bonchev–Trinajstić information content (AvgIpc) is 3.16. The lowest BCUT2D eigenvalue weighted by atomic mass is 10.1. The van der Waals surface area contributed by atoms with Crippen LogP contribution in [-0.4, -0.2) is 29.0 Å². The fourth-order valence-electron chi connectivity index (χ4n) is 2.47. The maximum Gasteiger partial charge on any atom is 0.277 e. The summed E-state index contributed by atoms with van der Waals surface area (Å²) in [6.07, 6.45) is 0. The van der Waals surface area contributed by atoms with Crippen molar-refractivity contribution in [1.82, 2.24) is 10.2 Å². The smallest absolute Gasteiger partial charge is 0.277 e. The van der Waals surface area contributed by atoms with E-state index in [1.165, 1.54) is 7.11 Å². The molecule has 2 aromatic carbocycles. The molecule has 0 atom stereocenters. The number of rotatable bonds is 8. The Morgan fingerprint density at radius 2 is 2.03 bits per heavy atom. The summed E-state index contributed by atoms with van der Waals surface area (Å²) in [6, 6.07) is 10.8. The molecule has 0 saturated heterocycles. The van der Waals surface area contributed by atoms with Crippen LogP contribution in [0.25, 0.3) is 0 Å². The lowest BCUT2D eigenvalue weighted by molar-refractivity contribution is -0.113. The number of halogens is 1. The molecule has 3 rings (SSSR count). The first-order valence-corrected chi connectivity index (χ1v) is 10.1. The molecule has 0 spiro atoms. The summed E-state index contributed by atoms with van der Waals surface area (Å²) in [5.74, 6) is 1.48. The number of carbonyl (C=O) groups excluding carboxylic acids is 1. The second-order valence-corrected chi connectivity index (χ2v) is 7.49. The van der Waals surface area contributed by atoms with Crippen LogP contribution in [0, 0.1) is 13.8 Å². The number of nitrogens with zero attached hydrogens (tertiary/aromatic N) is 2. The Hall–Kier alpha value is -2.71. The fraction of sp³-hybridized carbons (Fsp3) is 0.250. The van der Waals surface area contributed by atoms with Crippen molar-refractivity contribution in [2.24, 2.45) is 0 Å². The molecule has 29 heavy (non-hydrogen) atoms. The van der Waals surface area contributed by atoms with Crippen LogP contribution in [-0.2, 0) is 11.4 Å². The molecular weight excluding hydrogens is 414 g/mol. The van der Waals surface area contributed by atoms with Crippen LogP contribution in [0.15, 0.2) is 46.0 Å². The zero-order valence-corrected chi connectivity index (χ0v) is 17.8. The SMILES string of the molecule is COc1ccc(Cl)cc1NC(=O)CSc1nnc(COc2cccc(C)c2C)o1. The highest BCUT2D eigenvalue weighted by Crippen LogP contribution is 2.28. The number of nitrogens with one attached hydrogen (secondary N) is 1. The number of carbonyl (C=O) groups is 1. The summed E-state index contributed by atoms with van der Waals surface area (Å²) in [4.78, 5) is 12.2. The van der Waals surface area contributed by atoms with Crippen molar-refractivity contribution < 1.29 is 18.7 Å².